The van der Waals surface area contributed by atoms with E-state index in [9.17, 15) is 18.8 Å². The van der Waals surface area contributed by atoms with Crippen LogP contribution in [0.3, 0.4) is 0 Å². The van der Waals surface area contributed by atoms with Crippen LogP contribution in [-0.4, -0.2) is 35.3 Å². The zero-order valence-corrected chi connectivity index (χ0v) is 16.0. The Morgan fingerprint density at radius 1 is 1.11 bits per heavy atom. The molecule has 1 unspecified atom stereocenters. The maximum atomic E-state index is 12.8. The molecule has 1 amide bonds. The lowest BCUT2D eigenvalue weighted by Gasteiger charge is -2.11. The van der Waals surface area contributed by atoms with Gasteiger partial charge in [-0.25, -0.2) is 4.39 Å². The summed E-state index contributed by atoms with van der Waals surface area (Å²) >= 11 is 6.83. The number of benzene rings is 2. The van der Waals surface area contributed by atoms with E-state index in [-0.39, 0.29) is 24.1 Å². The van der Waals surface area contributed by atoms with Crippen LogP contribution in [0.5, 0.6) is 0 Å². The van der Waals surface area contributed by atoms with E-state index in [1.54, 1.807) is 31.2 Å². The number of halogens is 2. The lowest BCUT2D eigenvalue weighted by Crippen LogP contribution is -2.23. The third kappa shape index (κ3) is 7.03. The minimum Gasteiger partial charge on any atom is -0.456 e. The predicted molar refractivity (Wildman–Crippen MR) is 104 cm³/mol. The fourth-order valence-corrected chi connectivity index (χ4v) is 2.78. The number of ketones is 1. The number of esters is 1. The summed E-state index contributed by atoms with van der Waals surface area (Å²) in [7, 11) is 0. The molecule has 0 aliphatic heterocycles. The van der Waals surface area contributed by atoms with Crippen LogP contribution in [0.4, 0.5) is 10.1 Å². The van der Waals surface area contributed by atoms with Gasteiger partial charge in [0.15, 0.2) is 12.4 Å². The van der Waals surface area contributed by atoms with Crippen LogP contribution in [-0.2, 0) is 14.3 Å². The molecule has 0 bridgehead atoms. The first-order valence-electron chi connectivity index (χ1n) is 7.97. The molecular formula is C19H17ClFNO4S. The van der Waals surface area contributed by atoms with Crippen molar-refractivity contribution in [3.8, 4) is 0 Å². The van der Waals surface area contributed by atoms with Crippen molar-refractivity contribution in [1.29, 1.82) is 0 Å². The number of carbonyl (C=O) groups excluding carboxylic acids is 3. The van der Waals surface area contributed by atoms with Crippen LogP contribution in [0, 0.1) is 5.82 Å². The molecule has 0 radical (unpaired) electrons. The molecule has 0 aliphatic rings. The Bertz CT molecular complexity index is 811. The highest BCUT2D eigenvalue weighted by atomic mass is 35.5. The van der Waals surface area contributed by atoms with Gasteiger partial charge in [0.1, 0.15) is 11.1 Å². The Morgan fingerprint density at radius 2 is 1.74 bits per heavy atom. The summed E-state index contributed by atoms with van der Waals surface area (Å²) in [5.74, 6) is -1.64. The van der Waals surface area contributed by atoms with Crippen LogP contribution in [0.25, 0.3) is 0 Å². The Hall–Kier alpha value is -2.38. The number of rotatable bonds is 8. The highest BCUT2D eigenvalue weighted by Gasteiger charge is 2.18. The number of thioether (sulfide) groups is 1. The molecule has 0 fully saturated rings. The van der Waals surface area contributed by atoms with Gasteiger partial charge in [0, 0.05) is 16.3 Å². The molecule has 0 saturated heterocycles. The van der Waals surface area contributed by atoms with E-state index in [0.29, 0.717) is 16.3 Å². The van der Waals surface area contributed by atoms with Crippen LogP contribution in [0.2, 0.25) is 5.02 Å². The van der Waals surface area contributed by atoms with Crippen LogP contribution < -0.4 is 5.32 Å². The molecule has 2 rings (SSSR count). The Kier molecular flexibility index (Phi) is 7.82. The van der Waals surface area contributed by atoms with Gasteiger partial charge in [-0.05, 0) is 55.5 Å². The Balaban J connectivity index is 1.73. The monoisotopic (exact) mass is 409 g/mol. The second-order valence-electron chi connectivity index (χ2n) is 5.55. The highest BCUT2D eigenvalue weighted by molar-refractivity contribution is 8.01. The van der Waals surface area contributed by atoms with Crippen molar-refractivity contribution in [2.45, 2.75) is 12.2 Å². The largest absolute Gasteiger partial charge is 0.456 e. The SMILES string of the molecule is CC(SCC(=O)Nc1ccc(F)cc1)C(=O)OCC(=O)c1ccc(Cl)cc1. The summed E-state index contributed by atoms with van der Waals surface area (Å²) < 4.78 is 17.8. The van der Waals surface area contributed by atoms with Crippen molar-refractivity contribution in [2.75, 3.05) is 17.7 Å². The summed E-state index contributed by atoms with van der Waals surface area (Å²) in [6.07, 6.45) is 0. The minimum atomic E-state index is -0.623. The van der Waals surface area contributed by atoms with Crippen molar-refractivity contribution < 1.29 is 23.5 Å². The smallest absolute Gasteiger partial charge is 0.319 e. The van der Waals surface area contributed by atoms with Crippen molar-refractivity contribution in [1.82, 2.24) is 0 Å². The van der Waals surface area contributed by atoms with E-state index in [0.717, 1.165) is 11.8 Å². The average molecular weight is 410 g/mol. The minimum absolute atomic E-state index is 0.0127. The average Bonchev–Trinajstić information content (AvgIpc) is 2.66. The van der Waals surface area contributed by atoms with Gasteiger partial charge in [-0.3, -0.25) is 14.4 Å². The van der Waals surface area contributed by atoms with Gasteiger partial charge in [0.05, 0.1) is 5.75 Å². The molecule has 8 heteroatoms. The zero-order valence-electron chi connectivity index (χ0n) is 14.4. The summed E-state index contributed by atoms with van der Waals surface area (Å²) in [6.45, 7) is 1.21. The van der Waals surface area contributed by atoms with E-state index in [4.69, 9.17) is 16.3 Å². The van der Waals surface area contributed by atoms with Crippen LogP contribution in [0.15, 0.2) is 48.5 Å². The molecule has 0 aromatic heterocycles. The van der Waals surface area contributed by atoms with Gasteiger partial charge < -0.3 is 10.1 Å². The van der Waals surface area contributed by atoms with E-state index >= 15 is 0 Å². The molecular weight excluding hydrogens is 393 g/mol. The molecule has 5 nitrogen and oxygen atoms in total. The fraction of sp³-hybridized carbons (Fsp3) is 0.211. The fourth-order valence-electron chi connectivity index (χ4n) is 1.97. The Morgan fingerprint density at radius 3 is 2.37 bits per heavy atom. The maximum absolute atomic E-state index is 12.8. The third-order valence-corrected chi connectivity index (χ3v) is 4.81. The number of hydrogen-bond donors (Lipinski definition) is 1. The number of anilines is 1. The summed E-state index contributed by atoms with van der Waals surface area (Å²) in [5.41, 5.74) is 0.858. The molecule has 0 heterocycles. The maximum Gasteiger partial charge on any atom is 0.319 e. The first kappa shape index (κ1) is 20.9. The number of amides is 1. The zero-order chi connectivity index (χ0) is 19.8. The van der Waals surface area contributed by atoms with Gasteiger partial charge >= 0.3 is 5.97 Å². The third-order valence-electron chi connectivity index (χ3n) is 3.44. The first-order valence-corrected chi connectivity index (χ1v) is 9.40. The molecule has 0 spiro atoms. The van der Waals surface area contributed by atoms with Gasteiger partial charge in [0.2, 0.25) is 5.91 Å². The first-order chi connectivity index (χ1) is 12.8. The number of Topliss-reactive ketones (excluding diaryl/α,β-unsaturated/α-hetero) is 1. The Labute approximate surface area is 165 Å². The summed E-state index contributed by atoms with van der Waals surface area (Å²) in [6, 6.07) is 11.6. The number of nitrogens with one attached hydrogen (secondary N) is 1. The molecule has 0 saturated carbocycles. The van der Waals surface area contributed by atoms with Gasteiger partial charge in [0.25, 0.3) is 0 Å². The van der Waals surface area contributed by atoms with Gasteiger partial charge in [-0.1, -0.05) is 11.6 Å². The highest BCUT2D eigenvalue weighted by Crippen LogP contribution is 2.15. The molecule has 1 atom stereocenters. The van der Waals surface area contributed by atoms with Crippen molar-refractivity contribution in [3.05, 3.63) is 64.9 Å². The van der Waals surface area contributed by atoms with Gasteiger partial charge in [-0.15, -0.1) is 11.8 Å². The van der Waals surface area contributed by atoms with E-state index in [1.165, 1.54) is 24.3 Å². The van der Waals surface area contributed by atoms with Gasteiger partial charge in [-0.2, -0.15) is 0 Å². The topological polar surface area (TPSA) is 72.5 Å². The normalized spacial score (nSPS) is 11.5. The van der Waals surface area contributed by atoms with Crippen molar-refractivity contribution in [3.63, 3.8) is 0 Å². The van der Waals surface area contributed by atoms with Crippen molar-refractivity contribution in [2.24, 2.45) is 0 Å². The number of carbonyl (C=O) groups is 3. The molecule has 142 valence electrons. The molecule has 2 aromatic carbocycles. The number of hydrogen-bond acceptors (Lipinski definition) is 5. The van der Waals surface area contributed by atoms with E-state index in [1.807, 2.05) is 0 Å². The molecule has 0 aliphatic carbocycles. The van der Waals surface area contributed by atoms with Crippen LogP contribution >= 0.6 is 23.4 Å². The molecule has 27 heavy (non-hydrogen) atoms. The van der Waals surface area contributed by atoms with E-state index < -0.39 is 17.0 Å². The summed E-state index contributed by atoms with van der Waals surface area (Å²) in [4.78, 5) is 35.8. The molecule has 1 N–H and O–H groups in total. The molecule has 2 aromatic rings. The quantitative estimate of drug-likeness (QED) is 0.527. The second-order valence-corrected chi connectivity index (χ2v) is 7.31. The standard InChI is InChI=1S/C19H17ClFNO4S/c1-12(27-11-18(24)22-16-8-6-15(21)7-9-16)19(25)26-10-17(23)13-2-4-14(20)5-3-13/h2-9,12H,10-11H2,1H3,(H,22,24). The predicted octanol–water partition coefficient (Wildman–Crippen LogP) is 3.97. The lowest BCUT2D eigenvalue weighted by atomic mass is 10.1. The lowest BCUT2D eigenvalue weighted by molar-refractivity contribution is -0.141. The van der Waals surface area contributed by atoms with Crippen molar-refractivity contribution >= 4 is 46.7 Å². The van der Waals surface area contributed by atoms with E-state index in [2.05, 4.69) is 5.32 Å². The second kappa shape index (κ2) is 10.1. The van der Waals surface area contributed by atoms with Crippen LogP contribution in [0.1, 0.15) is 17.3 Å². The number of ether oxygens (including phenoxy) is 1. The summed E-state index contributed by atoms with van der Waals surface area (Å²) in [5, 5.41) is 2.48.